The summed E-state index contributed by atoms with van der Waals surface area (Å²) in [5.74, 6) is -0.00316. The van der Waals surface area contributed by atoms with Crippen molar-refractivity contribution in [3.05, 3.63) is 70.6 Å². The van der Waals surface area contributed by atoms with Crippen LogP contribution in [0.2, 0.25) is 5.15 Å². The van der Waals surface area contributed by atoms with Crippen molar-refractivity contribution < 1.29 is 4.79 Å². The standard InChI is InChI=1S/C22H20ClN5OS/c23-22-17(28-10-4-3-7-19(28)25-22)8-9-21(29)27-13-11-26(12-14-27)15-20-24-16-5-1-2-6-18(16)30-20/h1-10H,11-15H2/b9-8+. The summed E-state index contributed by atoms with van der Waals surface area (Å²) in [6, 6.07) is 13.9. The minimum Gasteiger partial charge on any atom is -0.337 e. The summed E-state index contributed by atoms with van der Waals surface area (Å²) in [5.41, 5.74) is 2.54. The van der Waals surface area contributed by atoms with Gasteiger partial charge in [-0.2, -0.15) is 0 Å². The number of benzene rings is 1. The predicted molar refractivity (Wildman–Crippen MR) is 121 cm³/mol. The molecule has 1 aliphatic heterocycles. The molecule has 4 heterocycles. The van der Waals surface area contributed by atoms with E-state index in [9.17, 15) is 4.79 Å². The van der Waals surface area contributed by atoms with Crippen LogP contribution in [0.1, 0.15) is 10.7 Å². The van der Waals surface area contributed by atoms with Crippen molar-refractivity contribution in [2.75, 3.05) is 26.2 Å². The Morgan fingerprint density at radius 3 is 2.70 bits per heavy atom. The number of amides is 1. The number of hydrogen-bond acceptors (Lipinski definition) is 5. The molecule has 0 aliphatic carbocycles. The highest BCUT2D eigenvalue weighted by molar-refractivity contribution is 7.18. The van der Waals surface area contributed by atoms with Gasteiger partial charge in [-0.3, -0.25) is 14.1 Å². The lowest BCUT2D eigenvalue weighted by molar-refractivity contribution is -0.127. The Hall–Kier alpha value is -2.74. The molecule has 5 rings (SSSR count). The second-order valence-electron chi connectivity index (χ2n) is 7.23. The summed E-state index contributed by atoms with van der Waals surface area (Å²) in [6.45, 7) is 3.91. The molecule has 0 unspecified atom stereocenters. The van der Waals surface area contributed by atoms with Crippen LogP contribution in [-0.4, -0.2) is 56.3 Å². The van der Waals surface area contributed by atoms with Crippen LogP contribution in [0.4, 0.5) is 0 Å². The molecule has 30 heavy (non-hydrogen) atoms. The quantitative estimate of drug-likeness (QED) is 0.453. The molecule has 1 fully saturated rings. The van der Waals surface area contributed by atoms with Crippen molar-refractivity contribution >= 4 is 50.8 Å². The highest BCUT2D eigenvalue weighted by atomic mass is 35.5. The fourth-order valence-electron chi connectivity index (χ4n) is 3.70. The van der Waals surface area contributed by atoms with Gasteiger partial charge in [0.05, 0.1) is 22.5 Å². The second kappa shape index (κ2) is 8.18. The molecule has 0 spiro atoms. The van der Waals surface area contributed by atoms with Crippen molar-refractivity contribution in [1.29, 1.82) is 0 Å². The maximum absolute atomic E-state index is 12.7. The first-order valence-electron chi connectivity index (χ1n) is 9.84. The van der Waals surface area contributed by atoms with Crippen LogP contribution in [0.25, 0.3) is 21.9 Å². The zero-order chi connectivity index (χ0) is 20.5. The Bertz CT molecular complexity index is 1210. The van der Waals surface area contributed by atoms with Crippen molar-refractivity contribution in [2.45, 2.75) is 6.54 Å². The lowest BCUT2D eigenvalue weighted by Gasteiger charge is -2.33. The minimum absolute atomic E-state index is 0.00316. The monoisotopic (exact) mass is 437 g/mol. The van der Waals surface area contributed by atoms with E-state index in [-0.39, 0.29) is 5.91 Å². The van der Waals surface area contributed by atoms with Gasteiger partial charge in [-0.05, 0) is 30.3 Å². The van der Waals surface area contributed by atoms with Crippen LogP contribution in [0, 0.1) is 0 Å². The van der Waals surface area contributed by atoms with Gasteiger partial charge in [0.15, 0.2) is 5.15 Å². The van der Waals surface area contributed by atoms with Crippen molar-refractivity contribution in [3.8, 4) is 0 Å². The van der Waals surface area contributed by atoms with Gasteiger partial charge in [0.2, 0.25) is 5.91 Å². The third-order valence-corrected chi connectivity index (χ3v) is 6.59. The third kappa shape index (κ3) is 3.84. The number of carbonyl (C=O) groups is 1. The molecular formula is C22H20ClN5OS. The summed E-state index contributed by atoms with van der Waals surface area (Å²) >= 11 is 7.98. The molecular weight excluding hydrogens is 418 g/mol. The van der Waals surface area contributed by atoms with Crippen LogP contribution >= 0.6 is 22.9 Å². The number of piperazine rings is 1. The van der Waals surface area contributed by atoms with Gasteiger partial charge in [-0.15, -0.1) is 11.3 Å². The molecule has 3 aromatic heterocycles. The highest BCUT2D eigenvalue weighted by Crippen LogP contribution is 2.23. The Balaban J connectivity index is 1.20. The Morgan fingerprint density at radius 2 is 1.87 bits per heavy atom. The van der Waals surface area contributed by atoms with Crippen molar-refractivity contribution in [2.24, 2.45) is 0 Å². The minimum atomic E-state index is -0.00316. The van der Waals surface area contributed by atoms with E-state index in [4.69, 9.17) is 16.6 Å². The zero-order valence-electron chi connectivity index (χ0n) is 16.2. The third-order valence-electron chi connectivity index (χ3n) is 5.29. The van der Waals surface area contributed by atoms with Crippen LogP contribution in [0.15, 0.2) is 54.7 Å². The molecule has 6 nitrogen and oxygen atoms in total. The second-order valence-corrected chi connectivity index (χ2v) is 8.70. The lowest BCUT2D eigenvalue weighted by Crippen LogP contribution is -2.47. The van der Waals surface area contributed by atoms with E-state index in [0.29, 0.717) is 18.2 Å². The van der Waals surface area contributed by atoms with E-state index in [2.05, 4.69) is 16.0 Å². The number of nitrogens with zero attached hydrogens (tertiary/aromatic N) is 5. The summed E-state index contributed by atoms with van der Waals surface area (Å²) in [6.07, 6.45) is 5.23. The van der Waals surface area contributed by atoms with E-state index in [0.717, 1.165) is 41.5 Å². The van der Waals surface area contributed by atoms with Gasteiger partial charge >= 0.3 is 0 Å². The summed E-state index contributed by atoms with van der Waals surface area (Å²) in [5, 5.41) is 1.52. The topological polar surface area (TPSA) is 53.7 Å². The Labute approximate surface area is 183 Å². The number of halogens is 1. The summed E-state index contributed by atoms with van der Waals surface area (Å²) in [4.78, 5) is 25.9. The molecule has 0 N–H and O–H groups in total. The molecule has 0 atom stereocenters. The molecule has 1 amide bonds. The maximum atomic E-state index is 12.7. The van der Waals surface area contributed by atoms with Crippen LogP contribution in [0.5, 0.6) is 0 Å². The van der Waals surface area contributed by atoms with E-state index >= 15 is 0 Å². The van der Waals surface area contributed by atoms with Crippen molar-refractivity contribution in [1.82, 2.24) is 24.2 Å². The number of thiazole rings is 1. The van der Waals surface area contributed by atoms with E-state index in [1.165, 1.54) is 4.70 Å². The molecule has 8 heteroatoms. The normalized spacial score (nSPS) is 15.6. The average molecular weight is 438 g/mol. The van der Waals surface area contributed by atoms with Gasteiger partial charge in [0.25, 0.3) is 0 Å². The van der Waals surface area contributed by atoms with Gasteiger partial charge < -0.3 is 4.90 Å². The SMILES string of the molecule is O=C(/C=C/c1c(Cl)nc2ccccn12)N1CCN(Cc2nc3ccccc3s2)CC1. The number of fused-ring (bicyclic) bond motifs is 2. The number of hydrogen-bond donors (Lipinski definition) is 0. The maximum Gasteiger partial charge on any atom is 0.246 e. The van der Waals surface area contributed by atoms with Crippen LogP contribution < -0.4 is 0 Å². The Morgan fingerprint density at radius 1 is 1.07 bits per heavy atom. The number of pyridine rings is 1. The molecule has 1 saturated heterocycles. The smallest absolute Gasteiger partial charge is 0.246 e. The van der Waals surface area contributed by atoms with E-state index < -0.39 is 0 Å². The molecule has 0 bridgehead atoms. The first-order chi connectivity index (χ1) is 14.7. The van der Waals surface area contributed by atoms with E-state index in [1.54, 1.807) is 23.5 Å². The number of rotatable bonds is 4. The molecule has 0 saturated carbocycles. The number of aromatic nitrogens is 3. The largest absolute Gasteiger partial charge is 0.337 e. The molecule has 152 valence electrons. The average Bonchev–Trinajstić information content (AvgIpc) is 3.31. The van der Waals surface area contributed by atoms with Gasteiger partial charge in [-0.1, -0.05) is 29.8 Å². The molecule has 4 aromatic rings. The molecule has 0 radical (unpaired) electrons. The van der Waals surface area contributed by atoms with Gasteiger partial charge in [0.1, 0.15) is 10.7 Å². The highest BCUT2D eigenvalue weighted by Gasteiger charge is 2.21. The number of carbonyl (C=O) groups excluding carboxylic acids is 1. The van der Waals surface area contributed by atoms with E-state index in [1.807, 2.05) is 51.9 Å². The molecule has 1 aliphatic rings. The summed E-state index contributed by atoms with van der Waals surface area (Å²) < 4.78 is 3.10. The summed E-state index contributed by atoms with van der Waals surface area (Å²) in [7, 11) is 0. The fraction of sp³-hybridized carbons (Fsp3) is 0.227. The number of para-hydroxylation sites is 1. The van der Waals surface area contributed by atoms with Crippen LogP contribution in [-0.2, 0) is 11.3 Å². The fourth-order valence-corrected chi connectivity index (χ4v) is 4.95. The van der Waals surface area contributed by atoms with Gasteiger partial charge in [0, 0.05) is 38.5 Å². The zero-order valence-corrected chi connectivity index (χ0v) is 17.8. The predicted octanol–water partition coefficient (Wildman–Crippen LogP) is 3.96. The molecule has 1 aromatic carbocycles. The number of imidazole rings is 1. The first kappa shape index (κ1) is 19.2. The lowest BCUT2D eigenvalue weighted by atomic mass is 10.3. The Kier molecular flexibility index (Phi) is 5.25. The van der Waals surface area contributed by atoms with Crippen LogP contribution in [0.3, 0.4) is 0 Å². The van der Waals surface area contributed by atoms with Crippen molar-refractivity contribution in [3.63, 3.8) is 0 Å². The van der Waals surface area contributed by atoms with Gasteiger partial charge in [-0.25, -0.2) is 9.97 Å². The first-order valence-corrected chi connectivity index (χ1v) is 11.0.